The second-order valence-corrected chi connectivity index (χ2v) is 4.89. The molecule has 0 bridgehead atoms. The summed E-state index contributed by atoms with van der Waals surface area (Å²) in [5.41, 5.74) is 1.90. The van der Waals surface area contributed by atoms with Crippen LogP contribution in [0.1, 0.15) is 43.1 Å². The standard InChI is InChI=1S/C15H23NO2/c1-4-12-5-7-13(8-6-12)15(18)16-14(9-10-17)11(2)3/h5-8,11,14,17H,4,9-10H2,1-3H3,(H,16,18). The predicted molar refractivity (Wildman–Crippen MR) is 73.6 cm³/mol. The van der Waals surface area contributed by atoms with Gasteiger partial charge >= 0.3 is 0 Å². The van der Waals surface area contributed by atoms with E-state index < -0.39 is 0 Å². The largest absolute Gasteiger partial charge is 0.396 e. The van der Waals surface area contributed by atoms with E-state index >= 15 is 0 Å². The Labute approximate surface area is 109 Å². The molecule has 0 aliphatic rings. The summed E-state index contributed by atoms with van der Waals surface area (Å²) in [6, 6.07) is 7.68. The molecular weight excluding hydrogens is 226 g/mol. The highest BCUT2D eigenvalue weighted by molar-refractivity contribution is 5.94. The number of carbonyl (C=O) groups excluding carboxylic acids is 1. The monoisotopic (exact) mass is 249 g/mol. The van der Waals surface area contributed by atoms with Crippen molar-refractivity contribution in [2.75, 3.05) is 6.61 Å². The van der Waals surface area contributed by atoms with E-state index in [2.05, 4.69) is 12.2 Å². The summed E-state index contributed by atoms with van der Waals surface area (Å²) in [7, 11) is 0. The molecule has 1 aromatic carbocycles. The molecule has 0 saturated heterocycles. The third-order valence-electron chi connectivity index (χ3n) is 3.19. The zero-order valence-electron chi connectivity index (χ0n) is 11.4. The second kappa shape index (κ2) is 7.17. The molecule has 2 N–H and O–H groups in total. The summed E-state index contributed by atoms with van der Waals surface area (Å²) < 4.78 is 0. The van der Waals surface area contributed by atoms with E-state index in [0.29, 0.717) is 17.9 Å². The molecule has 0 aromatic heterocycles. The number of nitrogens with one attached hydrogen (secondary N) is 1. The molecule has 0 radical (unpaired) electrons. The summed E-state index contributed by atoms with van der Waals surface area (Å²) in [5.74, 6) is 0.251. The molecule has 0 aliphatic carbocycles. The summed E-state index contributed by atoms with van der Waals surface area (Å²) in [6.07, 6.45) is 1.57. The first-order valence-electron chi connectivity index (χ1n) is 6.59. The van der Waals surface area contributed by atoms with E-state index in [1.807, 2.05) is 38.1 Å². The molecule has 0 saturated carbocycles. The number of hydrogen-bond donors (Lipinski definition) is 2. The fourth-order valence-electron chi connectivity index (χ4n) is 1.85. The molecule has 3 nitrogen and oxygen atoms in total. The molecule has 1 atom stereocenters. The van der Waals surface area contributed by atoms with Crippen LogP contribution < -0.4 is 5.32 Å². The van der Waals surface area contributed by atoms with Gasteiger partial charge in [-0.15, -0.1) is 0 Å². The number of aliphatic hydroxyl groups excluding tert-OH is 1. The molecule has 1 rings (SSSR count). The summed E-state index contributed by atoms with van der Waals surface area (Å²) in [6.45, 7) is 6.27. The van der Waals surface area contributed by atoms with Crippen LogP contribution in [0.2, 0.25) is 0 Å². The highest BCUT2D eigenvalue weighted by Crippen LogP contribution is 2.09. The maximum atomic E-state index is 12.0. The third-order valence-corrected chi connectivity index (χ3v) is 3.19. The van der Waals surface area contributed by atoms with Crippen molar-refractivity contribution in [2.45, 2.75) is 39.7 Å². The van der Waals surface area contributed by atoms with Gasteiger partial charge in [0, 0.05) is 18.2 Å². The Morgan fingerprint density at radius 2 is 1.89 bits per heavy atom. The van der Waals surface area contributed by atoms with Gasteiger partial charge in [0.15, 0.2) is 0 Å². The molecule has 0 fully saturated rings. The Morgan fingerprint density at radius 1 is 1.28 bits per heavy atom. The smallest absolute Gasteiger partial charge is 0.251 e. The minimum absolute atomic E-state index is 0.0216. The number of aryl methyl sites for hydroxylation is 1. The van der Waals surface area contributed by atoms with Crippen LogP contribution in [0.25, 0.3) is 0 Å². The van der Waals surface area contributed by atoms with Gasteiger partial charge in [0.2, 0.25) is 0 Å². The normalized spacial score (nSPS) is 12.5. The first kappa shape index (κ1) is 14.7. The highest BCUT2D eigenvalue weighted by Gasteiger charge is 2.16. The number of aliphatic hydroxyl groups is 1. The molecule has 1 amide bonds. The van der Waals surface area contributed by atoms with Crippen LogP contribution >= 0.6 is 0 Å². The van der Waals surface area contributed by atoms with Crippen molar-refractivity contribution >= 4 is 5.91 Å². The van der Waals surface area contributed by atoms with Crippen LogP contribution in [0.15, 0.2) is 24.3 Å². The third kappa shape index (κ3) is 4.15. The topological polar surface area (TPSA) is 49.3 Å². The lowest BCUT2D eigenvalue weighted by atomic mass is 10.0. The number of amides is 1. The van der Waals surface area contributed by atoms with Crippen molar-refractivity contribution < 1.29 is 9.90 Å². The van der Waals surface area contributed by atoms with Gasteiger partial charge in [0.05, 0.1) is 0 Å². The van der Waals surface area contributed by atoms with Crippen molar-refractivity contribution in [3.05, 3.63) is 35.4 Å². The average Bonchev–Trinajstić information content (AvgIpc) is 2.38. The quantitative estimate of drug-likeness (QED) is 0.813. The zero-order valence-corrected chi connectivity index (χ0v) is 11.4. The summed E-state index contributed by atoms with van der Waals surface area (Å²) in [4.78, 5) is 12.0. The maximum absolute atomic E-state index is 12.0. The Balaban J connectivity index is 2.67. The summed E-state index contributed by atoms with van der Waals surface area (Å²) >= 11 is 0. The van der Waals surface area contributed by atoms with Crippen LogP contribution in [-0.4, -0.2) is 23.7 Å². The van der Waals surface area contributed by atoms with Gasteiger partial charge in [0.1, 0.15) is 0 Å². The van der Waals surface area contributed by atoms with E-state index in [9.17, 15) is 4.79 Å². The Hall–Kier alpha value is -1.35. The van der Waals surface area contributed by atoms with Crippen molar-refractivity contribution in [3.63, 3.8) is 0 Å². The van der Waals surface area contributed by atoms with Crippen molar-refractivity contribution in [1.29, 1.82) is 0 Å². The lowest BCUT2D eigenvalue weighted by molar-refractivity contribution is 0.0916. The van der Waals surface area contributed by atoms with Crippen LogP contribution in [0.4, 0.5) is 0 Å². The molecule has 3 heteroatoms. The lowest BCUT2D eigenvalue weighted by Gasteiger charge is -2.21. The van der Waals surface area contributed by atoms with Gasteiger partial charge in [-0.1, -0.05) is 32.9 Å². The van der Waals surface area contributed by atoms with E-state index in [4.69, 9.17) is 5.11 Å². The van der Waals surface area contributed by atoms with Crippen LogP contribution in [0.3, 0.4) is 0 Å². The lowest BCUT2D eigenvalue weighted by Crippen LogP contribution is -2.39. The van der Waals surface area contributed by atoms with Gasteiger partial charge in [-0.2, -0.15) is 0 Å². The molecule has 0 aliphatic heterocycles. The molecule has 18 heavy (non-hydrogen) atoms. The molecule has 0 heterocycles. The van der Waals surface area contributed by atoms with E-state index in [0.717, 1.165) is 6.42 Å². The van der Waals surface area contributed by atoms with Crippen LogP contribution in [0.5, 0.6) is 0 Å². The first-order chi connectivity index (χ1) is 8.58. The van der Waals surface area contributed by atoms with E-state index in [-0.39, 0.29) is 18.6 Å². The number of carbonyl (C=O) groups is 1. The van der Waals surface area contributed by atoms with Gasteiger partial charge < -0.3 is 10.4 Å². The minimum atomic E-state index is -0.0650. The molecule has 1 unspecified atom stereocenters. The first-order valence-corrected chi connectivity index (χ1v) is 6.59. The van der Waals surface area contributed by atoms with Crippen LogP contribution in [0, 0.1) is 5.92 Å². The van der Waals surface area contributed by atoms with E-state index in [1.165, 1.54) is 5.56 Å². The SMILES string of the molecule is CCc1ccc(C(=O)NC(CCO)C(C)C)cc1. The Morgan fingerprint density at radius 3 is 2.33 bits per heavy atom. The van der Waals surface area contributed by atoms with Crippen molar-refractivity contribution in [1.82, 2.24) is 5.32 Å². The number of rotatable bonds is 6. The fraction of sp³-hybridized carbons (Fsp3) is 0.533. The molecule has 0 spiro atoms. The van der Waals surface area contributed by atoms with Gasteiger partial charge in [0.25, 0.3) is 5.91 Å². The van der Waals surface area contributed by atoms with Crippen molar-refractivity contribution in [2.24, 2.45) is 5.92 Å². The average molecular weight is 249 g/mol. The second-order valence-electron chi connectivity index (χ2n) is 4.89. The predicted octanol–water partition coefficient (Wildman–Crippen LogP) is 2.39. The molecule has 100 valence electrons. The van der Waals surface area contributed by atoms with Gasteiger partial charge in [-0.05, 0) is 36.5 Å². The molecule has 1 aromatic rings. The van der Waals surface area contributed by atoms with Crippen LogP contribution in [-0.2, 0) is 6.42 Å². The van der Waals surface area contributed by atoms with E-state index in [1.54, 1.807) is 0 Å². The fourth-order valence-corrected chi connectivity index (χ4v) is 1.85. The highest BCUT2D eigenvalue weighted by atomic mass is 16.3. The van der Waals surface area contributed by atoms with Gasteiger partial charge in [-0.25, -0.2) is 0 Å². The molecular formula is C15H23NO2. The maximum Gasteiger partial charge on any atom is 0.251 e. The van der Waals surface area contributed by atoms with Crippen molar-refractivity contribution in [3.8, 4) is 0 Å². The number of benzene rings is 1. The Bertz CT molecular complexity index is 371. The Kier molecular flexibility index (Phi) is 5.86. The zero-order chi connectivity index (χ0) is 13.5. The van der Waals surface area contributed by atoms with Gasteiger partial charge in [-0.3, -0.25) is 4.79 Å². The number of hydrogen-bond acceptors (Lipinski definition) is 2. The minimum Gasteiger partial charge on any atom is -0.396 e. The summed E-state index contributed by atoms with van der Waals surface area (Å²) in [5, 5.41) is 12.0.